The average molecular weight is 323 g/mol. The summed E-state index contributed by atoms with van der Waals surface area (Å²) < 4.78 is 19.6. The van der Waals surface area contributed by atoms with Crippen molar-refractivity contribution in [3.8, 4) is 5.75 Å². The third-order valence-electron chi connectivity index (χ3n) is 3.16. The van der Waals surface area contributed by atoms with Crippen molar-refractivity contribution in [1.29, 1.82) is 0 Å². The van der Waals surface area contributed by atoms with E-state index < -0.39 is 0 Å². The van der Waals surface area contributed by atoms with Gasteiger partial charge in [-0.05, 0) is 55.7 Å². The summed E-state index contributed by atoms with van der Waals surface area (Å²) in [5, 5.41) is 0. The molecule has 3 heteroatoms. The van der Waals surface area contributed by atoms with Gasteiger partial charge in [-0.1, -0.05) is 28.1 Å². The summed E-state index contributed by atoms with van der Waals surface area (Å²) in [6, 6.07) is 8.79. The molecule has 0 aliphatic rings. The van der Waals surface area contributed by atoms with Gasteiger partial charge in [0.25, 0.3) is 0 Å². The van der Waals surface area contributed by atoms with Crippen molar-refractivity contribution >= 4 is 15.9 Å². The molecule has 19 heavy (non-hydrogen) atoms. The van der Waals surface area contributed by atoms with Gasteiger partial charge in [-0.15, -0.1) is 0 Å². The molecule has 100 valence electrons. The predicted octanol–water partition coefficient (Wildman–Crippen LogP) is 5.09. The van der Waals surface area contributed by atoms with Gasteiger partial charge < -0.3 is 4.74 Å². The summed E-state index contributed by atoms with van der Waals surface area (Å²) in [6.07, 6.45) is 0. The number of aryl methyl sites for hydroxylation is 2. The second kappa shape index (κ2) is 5.74. The number of benzene rings is 2. The second-order valence-corrected chi connectivity index (χ2v) is 5.58. The van der Waals surface area contributed by atoms with Crippen molar-refractivity contribution in [2.45, 2.75) is 27.4 Å². The standard InChI is InChI=1S/C16H16BrFO/c1-10-6-11(2)12(3)16(7-10)19-9-13-4-5-14(18)8-15(13)17/h4-8H,9H2,1-3H3. The molecule has 0 amide bonds. The molecule has 0 unspecified atom stereocenters. The van der Waals surface area contributed by atoms with Gasteiger partial charge in [-0.2, -0.15) is 0 Å². The van der Waals surface area contributed by atoms with Crippen LogP contribution in [0.2, 0.25) is 0 Å². The molecule has 0 saturated carbocycles. The molecular formula is C16H16BrFO. The smallest absolute Gasteiger partial charge is 0.124 e. The van der Waals surface area contributed by atoms with Crippen molar-refractivity contribution in [3.05, 3.63) is 62.9 Å². The fraction of sp³-hybridized carbons (Fsp3) is 0.250. The highest BCUT2D eigenvalue weighted by Crippen LogP contribution is 2.25. The first-order valence-corrected chi connectivity index (χ1v) is 6.91. The maximum absolute atomic E-state index is 13.0. The predicted molar refractivity (Wildman–Crippen MR) is 79.1 cm³/mol. The van der Waals surface area contributed by atoms with E-state index in [2.05, 4.69) is 28.9 Å². The van der Waals surface area contributed by atoms with E-state index in [-0.39, 0.29) is 5.82 Å². The van der Waals surface area contributed by atoms with Crippen molar-refractivity contribution in [3.63, 3.8) is 0 Å². The van der Waals surface area contributed by atoms with Crippen LogP contribution in [0.1, 0.15) is 22.3 Å². The Morgan fingerprint density at radius 2 is 1.84 bits per heavy atom. The zero-order valence-corrected chi connectivity index (χ0v) is 12.8. The topological polar surface area (TPSA) is 9.23 Å². The third kappa shape index (κ3) is 3.35. The number of hydrogen-bond donors (Lipinski definition) is 0. The van der Waals surface area contributed by atoms with Crippen LogP contribution in [0.15, 0.2) is 34.8 Å². The molecule has 1 nitrogen and oxygen atoms in total. The summed E-state index contributed by atoms with van der Waals surface area (Å²) in [4.78, 5) is 0. The number of rotatable bonds is 3. The number of halogens is 2. The second-order valence-electron chi connectivity index (χ2n) is 4.73. The van der Waals surface area contributed by atoms with Crippen molar-refractivity contribution in [1.82, 2.24) is 0 Å². The van der Waals surface area contributed by atoms with Crippen molar-refractivity contribution in [2.24, 2.45) is 0 Å². The van der Waals surface area contributed by atoms with Gasteiger partial charge in [-0.3, -0.25) is 0 Å². The van der Waals surface area contributed by atoms with Crippen LogP contribution in [0.5, 0.6) is 5.75 Å². The van der Waals surface area contributed by atoms with E-state index >= 15 is 0 Å². The Morgan fingerprint density at radius 1 is 1.11 bits per heavy atom. The molecule has 0 N–H and O–H groups in total. The van der Waals surface area contributed by atoms with Crippen LogP contribution in [0.25, 0.3) is 0 Å². The Morgan fingerprint density at radius 3 is 2.53 bits per heavy atom. The molecule has 0 heterocycles. The molecule has 2 aromatic rings. The summed E-state index contributed by atoms with van der Waals surface area (Å²) in [5.74, 6) is 0.631. The van der Waals surface area contributed by atoms with Gasteiger partial charge in [-0.25, -0.2) is 4.39 Å². The molecule has 0 spiro atoms. The monoisotopic (exact) mass is 322 g/mol. The lowest BCUT2D eigenvalue weighted by molar-refractivity contribution is 0.302. The van der Waals surface area contributed by atoms with E-state index in [0.29, 0.717) is 6.61 Å². The van der Waals surface area contributed by atoms with E-state index in [1.54, 1.807) is 6.07 Å². The van der Waals surface area contributed by atoms with E-state index in [4.69, 9.17) is 4.74 Å². The highest BCUT2D eigenvalue weighted by molar-refractivity contribution is 9.10. The molecule has 0 aliphatic carbocycles. The average Bonchev–Trinajstić information content (AvgIpc) is 2.33. The Kier molecular flexibility index (Phi) is 4.25. The maximum atomic E-state index is 13.0. The summed E-state index contributed by atoms with van der Waals surface area (Å²) >= 11 is 3.35. The summed E-state index contributed by atoms with van der Waals surface area (Å²) in [6.45, 7) is 6.59. The lowest BCUT2D eigenvalue weighted by Crippen LogP contribution is -2.00. The van der Waals surface area contributed by atoms with Gasteiger partial charge in [0, 0.05) is 10.0 Å². The van der Waals surface area contributed by atoms with E-state index in [9.17, 15) is 4.39 Å². The molecule has 0 radical (unpaired) electrons. The highest BCUT2D eigenvalue weighted by atomic mass is 79.9. The van der Waals surface area contributed by atoms with E-state index in [1.807, 2.05) is 19.9 Å². The molecule has 2 aromatic carbocycles. The van der Waals surface area contributed by atoms with E-state index in [0.717, 1.165) is 21.3 Å². The first kappa shape index (κ1) is 14.1. The fourth-order valence-electron chi connectivity index (χ4n) is 1.94. The van der Waals surface area contributed by atoms with E-state index in [1.165, 1.54) is 23.3 Å². The van der Waals surface area contributed by atoms with Gasteiger partial charge in [0.05, 0.1) is 0 Å². The van der Waals surface area contributed by atoms with Gasteiger partial charge in [0.15, 0.2) is 0 Å². The molecular weight excluding hydrogens is 307 g/mol. The SMILES string of the molecule is Cc1cc(C)c(C)c(OCc2ccc(F)cc2Br)c1. The largest absolute Gasteiger partial charge is 0.489 e. The van der Waals surface area contributed by atoms with Crippen LogP contribution in [-0.2, 0) is 6.61 Å². The Bertz CT molecular complexity index is 608. The molecule has 0 aromatic heterocycles. The number of ether oxygens (including phenoxy) is 1. The molecule has 0 atom stereocenters. The van der Waals surface area contributed by atoms with Gasteiger partial charge in [0.2, 0.25) is 0 Å². The molecule has 2 rings (SSSR count). The maximum Gasteiger partial charge on any atom is 0.124 e. The first-order valence-electron chi connectivity index (χ1n) is 6.12. The Labute approximate surface area is 121 Å². The third-order valence-corrected chi connectivity index (χ3v) is 3.90. The van der Waals surface area contributed by atoms with Crippen LogP contribution in [0.4, 0.5) is 4.39 Å². The lowest BCUT2D eigenvalue weighted by atomic mass is 10.1. The fourth-order valence-corrected chi connectivity index (χ4v) is 2.41. The zero-order chi connectivity index (χ0) is 14.0. The first-order chi connectivity index (χ1) is 8.97. The quantitative estimate of drug-likeness (QED) is 0.764. The van der Waals surface area contributed by atoms with Crippen LogP contribution < -0.4 is 4.74 Å². The van der Waals surface area contributed by atoms with Crippen LogP contribution in [0, 0.1) is 26.6 Å². The van der Waals surface area contributed by atoms with Gasteiger partial charge >= 0.3 is 0 Å². The summed E-state index contributed by atoms with van der Waals surface area (Å²) in [5.41, 5.74) is 4.47. The zero-order valence-electron chi connectivity index (χ0n) is 11.3. The minimum Gasteiger partial charge on any atom is -0.489 e. The van der Waals surface area contributed by atoms with Crippen LogP contribution >= 0.6 is 15.9 Å². The Hall–Kier alpha value is -1.35. The minimum atomic E-state index is -0.252. The summed E-state index contributed by atoms with van der Waals surface area (Å²) in [7, 11) is 0. The molecule has 0 fully saturated rings. The minimum absolute atomic E-state index is 0.252. The molecule has 0 bridgehead atoms. The molecule has 0 aliphatic heterocycles. The Balaban J connectivity index is 2.19. The highest BCUT2D eigenvalue weighted by Gasteiger charge is 2.06. The van der Waals surface area contributed by atoms with Crippen LogP contribution in [-0.4, -0.2) is 0 Å². The van der Waals surface area contributed by atoms with Crippen LogP contribution in [0.3, 0.4) is 0 Å². The van der Waals surface area contributed by atoms with Gasteiger partial charge in [0.1, 0.15) is 18.2 Å². The normalized spacial score (nSPS) is 10.6. The van der Waals surface area contributed by atoms with Crippen molar-refractivity contribution < 1.29 is 9.13 Å². The lowest BCUT2D eigenvalue weighted by Gasteiger charge is -2.13. The molecule has 0 saturated heterocycles. The van der Waals surface area contributed by atoms with Crippen molar-refractivity contribution in [2.75, 3.05) is 0 Å². The number of hydrogen-bond acceptors (Lipinski definition) is 1.